The Bertz CT molecular complexity index is 961. The first-order valence-corrected chi connectivity index (χ1v) is 9.36. The van der Waals surface area contributed by atoms with Crippen molar-refractivity contribution in [2.45, 2.75) is 33.7 Å². The van der Waals surface area contributed by atoms with Crippen LogP contribution in [0.5, 0.6) is 5.75 Å². The first kappa shape index (κ1) is 22.5. The van der Waals surface area contributed by atoms with Gasteiger partial charge < -0.3 is 9.64 Å². The van der Waals surface area contributed by atoms with Crippen LogP contribution >= 0.6 is 11.6 Å². The molecular formula is C21H22ClF2N3O2. The van der Waals surface area contributed by atoms with Crippen LogP contribution in [0.25, 0.3) is 5.70 Å². The summed E-state index contributed by atoms with van der Waals surface area (Å²) in [6, 6.07) is 3.79. The van der Waals surface area contributed by atoms with Crippen molar-refractivity contribution >= 4 is 23.1 Å². The van der Waals surface area contributed by atoms with Gasteiger partial charge in [-0.2, -0.15) is 0 Å². The van der Waals surface area contributed by atoms with Gasteiger partial charge in [-0.15, -0.1) is 10.2 Å². The number of halogens is 3. The number of nitrogens with zero attached hydrogens (tertiary/aromatic N) is 3. The SMILES string of the molecule is C/C=C\N(Cc1nnc(C(C)=O)cc1OC)/C(=C/CC)c1c(F)ccc(Cl)c1F. The van der Waals surface area contributed by atoms with Crippen LogP contribution in [-0.2, 0) is 6.54 Å². The maximum absolute atomic E-state index is 14.7. The third-order valence-electron chi connectivity index (χ3n) is 4.07. The van der Waals surface area contributed by atoms with Gasteiger partial charge in [0.05, 0.1) is 29.9 Å². The number of hydrogen-bond donors (Lipinski definition) is 0. The number of ether oxygens (including phenoxy) is 1. The van der Waals surface area contributed by atoms with Crippen LogP contribution in [0.15, 0.2) is 36.6 Å². The number of Topliss-reactive ketones (excluding diaryl/α,β-unsaturated/α-hetero) is 1. The summed E-state index contributed by atoms with van der Waals surface area (Å²) in [7, 11) is 1.45. The molecule has 0 aliphatic heterocycles. The Labute approximate surface area is 173 Å². The minimum Gasteiger partial charge on any atom is -0.495 e. The number of allylic oxidation sites excluding steroid dienone is 2. The molecule has 0 saturated carbocycles. The molecule has 0 aliphatic rings. The number of rotatable bonds is 8. The Morgan fingerprint density at radius 3 is 2.62 bits per heavy atom. The zero-order valence-electron chi connectivity index (χ0n) is 16.7. The first-order chi connectivity index (χ1) is 13.8. The van der Waals surface area contributed by atoms with Gasteiger partial charge in [-0.05, 0) is 25.5 Å². The molecule has 0 fully saturated rings. The molecule has 29 heavy (non-hydrogen) atoms. The highest BCUT2D eigenvalue weighted by atomic mass is 35.5. The molecule has 154 valence electrons. The van der Waals surface area contributed by atoms with Crippen molar-refractivity contribution in [1.82, 2.24) is 15.1 Å². The maximum Gasteiger partial charge on any atom is 0.180 e. The van der Waals surface area contributed by atoms with Gasteiger partial charge in [0.2, 0.25) is 0 Å². The van der Waals surface area contributed by atoms with E-state index >= 15 is 0 Å². The lowest BCUT2D eigenvalue weighted by Crippen LogP contribution is -2.19. The van der Waals surface area contributed by atoms with Gasteiger partial charge in [-0.25, -0.2) is 8.78 Å². The van der Waals surface area contributed by atoms with Crippen LogP contribution in [0.4, 0.5) is 8.78 Å². The van der Waals surface area contributed by atoms with Crippen LogP contribution < -0.4 is 4.74 Å². The Morgan fingerprint density at radius 1 is 1.31 bits per heavy atom. The lowest BCUT2D eigenvalue weighted by atomic mass is 10.1. The van der Waals surface area contributed by atoms with Gasteiger partial charge in [-0.3, -0.25) is 4.79 Å². The number of carbonyl (C=O) groups is 1. The molecule has 0 aliphatic carbocycles. The van der Waals surface area contributed by atoms with Gasteiger partial charge in [0.1, 0.15) is 23.0 Å². The summed E-state index contributed by atoms with van der Waals surface area (Å²) in [5.74, 6) is -1.47. The predicted octanol–water partition coefficient (Wildman–Crippen LogP) is 5.41. The van der Waals surface area contributed by atoms with E-state index in [9.17, 15) is 13.6 Å². The van der Waals surface area contributed by atoms with Crippen molar-refractivity contribution in [3.63, 3.8) is 0 Å². The molecule has 0 amide bonds. The minimum atomic E-state index is -0.842. The molecule has 0 unspecified atom stereocenters. The molecule has 0 radical (unpaired) electrons. The second-order valence-electron chi connectivity index (χ2n) is 6.13. The molecule has 0 saturated heterocycles. The fourth-order valence-electron chi connectivity index (χ4n) is 2.74. The maximum atomic E-state index is 14.7. The van der Waals surface area contributed by atoms with E-state index in [-0.39, 0.29) is 28.6 Å². The second-order valence-corrected chi connectivity index (χ2v) is 6.53. The summed E-state index contributed by atoms with van der Waals surface area (Å²) in [4.78, 5) is 13.2. The molecule has 2 aromatic rings. The summed E-state index contributed by atoms with van der Waals surface area (Å²) in [6.45, 7) is 5.12. The molecule has 5 nitrogen and oxygen atoms in total. The van der Waals surface area contributed by atoms with Crippen molar-refractivity contribution < 1.29 is 18.3 Å². The van der Waals surface area contributed by atoms with E-state index in [0.29, 0.717) is 23.6 Å². The largest absolute Gasteiger partial charge is 0.495 e. The van der Waals surface area contributed by atoms with Gasteiger partial charge in [0.25, 0.3) is 0 Å². The standard InChI is InChI=1S/C21H22ClF2N3O2/c1-5-7-18(20-15(23)9-8-14(22)21(20)24)27(10-6-2)12-17-19(29-4)11-16(13(3)28)25-26-17/h6-11H,5,12H2,1-4H3/b10-6-,18-7+. The average molecular weight is 422 g/mol. The highest BCUT2D eigenvalue weighted by molar-refractivity contribution is 6.30. The molecule has 0 bridgehead atoms. The van der Waals surface area contributed by atoms with Crippen LogP contribution in [-0.4, -0.2) is 28.0 Å². The highest BCUT2D eigenvalue weighted by Crippen LogP contribution is 2.32. The predicted molar refractivity (Wildman–Crippen MR) is 109 cm³/mol. The summed E-state index contributed by atoms with van der Waals surface area (Å²) in [5.41, 5.74) is 0.632. The van der Waals surface area contributed by atoms with Crippen molar-refractivity contribution in [3.05, 3.63) is 70.2 Å². The van der Waals surface area contributed by atoms with Gasteiger partial charge in [0.15, 0.2) is 11.6 Å². The van der Waals surface area contributed by atoms with Crippen LogP contribution in [0.3, 0.4) is 0 Å². The lowest BCUT2D eigenvalue weighted by molar-refractivity contribution is 0.101. The van der Waals surface area contributed by atoms with Crippen LogP contribution in [0, 0.1) is 11.6 Å². The average Bonchev–Trinajstić information content (AvgIpc) is 2.70. The van der Waals surface area contributed by atoms with E-state index < -0.39 is 11.6 Å². The number of hydrogen-bond acceptors (Lipinski definition) is 5. The van der Waals surface area contributed by atoms with Crippen molar-refractivity contribution in [1.29, 1.82) is 0 Å². The van der Waals surface area contributed by atoms with E-state index in [1.54, 1.807) is 30.2 Å². The summed E-state index contributed by atoms with van der Waals surface area (Å²) >= 11 is 5.89. The van der Waals surface area contributed by atoms with E-state index in [2.05, 4.69) is 10.2 Å². The Hall–Kier alpha value is -2.80. The molecule has 1 aromatic carbocycles. The molecule has 2 rings (SSSR count). The quantitative estimate of drug-likeness (QED) is 0.421. The summed E-state index contributed by atoms with van der Waals surface area (Å²) in [5, 5.41) is 7.81. The fraction of sp³-hybridized carbons (Fsp3) is 0.286. The first-order valence-electron chi connectivity index (χ1n) is 8.98. The van der Waals surface area contributed by atoms with Crippen molar-refractivity contribution in [2.75, 3.05) is 7.11 Å². The fourth-order valence-corrected chi connectivity index (χ4v) is 2.89. The van der Waals surface area contributed by atoms with E-state index in [0.717, 1.165) is 6.07 Å². The third-order valence-corrected chi connectivity index (χ3v) is 4.36. The van der Waals surface area contributed by atoms with E-state index in [4.69, 9.17) is 16.3 Å². The van der Waals surface area contributed by atoms with E-state index in [1.165, 1.54) is 26.2 Å². The highest BCUT2D eigenvalue weighted by Gasteiger charge is 2.22. The van der Waals surface area contributed by atoms with Crippen molar-refractivity contribution in [3.8, 4) is 5.75 Å². The number of methoxy groups -OCH3 is 1. The molecular weight excluding hydrogens is 400 g/mol. The smallest absolute Gasteiger partial charge is 0.180 e. The Morgan fingerprint density at radius 2 is 2.03 bits per heavy atom. The minimum absolute atomic E-state index is 0.107. The second kappa shape index (κ2) is 10.1. The molecule has 1 aromatic heterocycles. The van der Waals surface area contributed by atoms with Gasteiger partial charge >= 0.3 is 0 Å². The summed E-state index contributed by atoms with van der Waals surface area (Å²) < 4.78 is 34.6. The lowest BCUT2D eigenvalue weighted by Gasteiger charge is -2.25. The zero-order chi connectivity index (χ0) is 21.6. The van der Waals surface area contributed by atoms with Gasteiger partial charge in [-0.1, -0.05) is 30.7 Å². The van der Waals surface area contributed by atoms with E-state index in [1.807, 2.05) is 6.92 Å². The normalized spacial score (nSPS) is 11.8. The van der Waals surface area contributed by atoms with Gasteiger partial charge in [0, 0.05) is 19.2 Å². The molecule has 0 atom stereocenters. The summed E-state index contributed by atoms with van der Waals surface area (Å²) in [6.07, 6.45) is 5.62. The third kappa shape index (κ3) is 5.17. The molecule has 1 heterocycles. The Balaban J connectivity index is 2.56. The number of carbonyl (C=O) groups excluding carboxylic acids is 1. The molecule has 8 heteroatoms. The van der Waals surface area contributed by atoms with Crippen LogP contribution in [0.2, 0.25) is 5.02 Å². The topological polar surface area (TPSA) is 55.3 Å². The Kier molecular flexibility index (Phi) is 7.84. The number of aromatic nitrogens is 2. The molecule has 0 spiro atoms. The zero-order valence-corrected chi connectivity index (χ0v) is 17.4. The monoisotopic (exact) mass is 421 g/mol. The van der Waals surface area contributed by atoms with Crippen LogP contribution in [0.1, 0.15) is 48.9 Å². The van der Waals surface area contributed by atoms with Crippen molar-refractivity contribution in [2.24, 2.45) is 0 Å². The number of ketones is 1. The number of benzene rings is 1. The molecule has 0 N–H and O–H groups in total.